The summed E-state index contributed by atoms with van der Waals surface area (Å²) in [6.07, 6.45) is 0. The molecule has 6 heteroatoms. The van der Waals surface area contributed by atoms with Crippen LogP contribution in [0, 0.1) is 5.41 Å². The summed E-state index contributed by atoms with van der Waals surface area (Å²) in [6, 6.07) is 4.53. The normalized spacial score (nSPS) is 10.9. The van der Waals surface area contributed by atoms with Gasteiger partial charge in [0, 0.05) is 11.8 Å². The van der Waals surface area contributed by atoms with E-state index in [1.165, 1.54) is 19.2 Å². The molecule has 0 bridgehead atoms. The third-order valence-corrected chi connectivity index (χ3v) is 2.60. The molecule has 4 N–H and O–H groups in total. The van der Waals surface area contributed by atoms with E-state index in [9.17, 15) is 9.59 Å². The Morgan fingerprint density at radius 1 is 1.32 bits per heavy atom. The lowest BCUT2D eigenvalue weighted by Crippen LogP contribution is -2.32. The minimum Gasteiger partial charge on any atom is -0.492 e. The molecule has 1 aromatic carbocycles. The zero-order valence-electron chi connectivity index (χ0n) is 11.2. The number of esters is 1. The zero-order valence-corrected chi connectivity index (χ0v) is 11.2. The predicted octanol–water partition coefficient (Wildman–Crippen LogP) is 0.946. The molecular formula is C13H18N2O4. The number of carbonyl (C=O) groups excluding carboxylic acids is 2. The summed E-state index contributed by atoms with van der Waals surface area (Å²) in [4.78, 5) is 22.8. The van der Waals surface area contributed by atoms with Gasteiger partial charge in [0.25, 0.3) is 5.91 Å². The van der Waals surface area contributed by atoms with Crippen LogP contribution in [0.25, 0.3) is 0 Å². The molecule has 0 aliphatic carbocycles. The summed E-state index contributed by atoms with van der Waals surface area (Å²) in [5, 5.41) is 0. The first-order valence-electron chi connectivity index (χ1n) is 5.68. The number of nitrogen functional groups attached to an aromatic ring is 1. The first kappa shape index (κ1) is 14.8. The van der Waals surface area contributed by atoms with Crippen molar-refractivity contribution in [2.24, 2.45) is 11.1 Å². The van der Waals surface area contributed by atoms with Gasteiger partial charge in [0.05, 0.1) is 18.1 Å². The molecule has 6 nitrogen and oxygen atoms in total. The van der Waals surface area contributed by atoms with Crippen LogP contribution < -0.4 is 16.2 Å². The monoisotopic (exact) mass is 266 g/mol. The topological polar surface area (TPSA) is 105 Å². The third kappa shape index (κ3) is 3.61. The van der Waals surface area contributed by atoms with Crippen LogP contribution in [0.1, 0.15) is 24.2 Å². The van der Waals surface area contributed by atoms with Crippen LogP contribution in [0.4, 0.5) is 5.69 Å². The Bertz CT molecular complexity index is 497. The minimum absolute atomic E-state index is 0.0450. The van der Waals surface area contributed by atoms with E-state index in [0.29, 0.717) is 5.69 Å². The molecule has 0 aromatic heterocycles. The van der Waals surface area contributed by atoms with E-state index >= 15 is 0 Å². The molecular weight excluding hydrogens is 248 g/mol. The number of rotatable bonds is 5. The largest absolute Gasteiger partial charge is 0.492 e. The van der Waals surface area contributed by atoms with Crippen molar-refractivity contribution in [3.63, 3.8) is 0 Å². The lowest BCUT2D eigenvalue weighted by Gasteiger charge is -2.22. The van der Waals surface area contributed by atoms with E-state index < -0.39 is 17.3 Å². The van der Waals surface area contributed by atoms with Gasteiger partial charge in [-0.3, -0.25) is 9.59 Å². The molecule has 0 aliphatic heterocycles. The van der Waals surface area contributed by atoms with E-state index in [2.05, 4.69) is 4.74 Å². The summed E-state index contributed by atoms with van der Waals surface area (Å²) < 4.78 is 10.2. The summed E-state index contributed by atoms with van der Waals surface area (Å²) >= 11 is 0. The van der Waals surface area contributed by atoms with Gasteiger partial charge in [0.1, 0.15) is 12.4 Å². The highest BCUT2D eigenvalue weighted by Gasteiger charge is 2.30. The molecule has 0 heterocycles. The highest BCUT2D eigenvalue weighted by molar-refractivity contribution is 5.96. The first-order valence-corrected chi connectivity index (χ1v) is 5.68. The van der Waals surface area contributed by atoms with Crippen molar-refractivity contribution >= 4 is 17.6 Å². The standard InChI is InChI=1S/C13H18N2O4/c1-13(2,12(17)18-3)7-19-10-6-8(14)4-5-9(10)11(15)16/h4-6H,7,14H2,1-3H3,(H2,15,16). The third-order valence-electron chi connectivity index (χ3n) is 2.60. The molecule has 0 fully saturated rings. The van der Waals surface area contributed by atoms with Crippen molar-refractivity contribution in [2.45, 2.75) is 13.8 Å². The zero-order chi connectivity index (χ0) is 14.6. The minimum atomic E-state index is -0.839. The van der Waals surface area contributed by atoms with Gasteiger partial charge in [-0.25, -0.2) is 0 Å². The van der Waals surface area contributed by atoms with Gasteiger partial charge in [0.2, 0.25) is 0 Å². The van der Waals surface area contributed by atoms with Gasteiger partial charge < -0.3 is 20.9 Å². The Balaban J connectivity index is 2.91. The molecule has 0 saturated heterocycles. The Morgan fingerprint density at radius 3 is 2.47 bits per heavy atom. The maximum absolute atomic E-state index is 11.5. The average molecular weight is 266 g/mol. The number of nitrogens with two attached hydrogens (primary N) is 2. The molecule has 0 unspecified atom stereocenters. The average Bonchev–Trinajstić information content (AvgIpc) is 2.35. The van der Waals surface area contributed by atoms with Crippen LogP contribution in [0.5, 0.6) is 5.75 Å². The number of hydrogen-bond donors (Lipinski definition) is 2. The highest BCUT2D eigenvalue weighted by Crippen LogP contribution is 2.25. The van der Waals surface area contributed by atoms with Crippen molar-refractivity contribution in [3.05, 3.63) is 23.8 Å². The van der Waals surface area contributed by atoms with Crippen LogP contribution in [0.3, 0.4) is 0 Å². The lowest BCUT2D eigenvalue weighted by molar-refractivity contribution is -0.152. The van der Waals surface area contributed by atoms with Crippen LogP contribution >= 0.6 is 0 Å². The molecule has 1 rings (SSSR count). The number of benzene rings is 1. The molecule has 0 spiro atoms. The molecule has 19 heavy (non-hydrogen) atoms. The number of anilines is 1. The van der Waals surface area contributed by atoms with Gasteiger partial charge in [-0.15, -0.1) is 0 Å². The van der Waals surface area contributed by atoms with Crippen LogP contribution in [-0.2, 0) is 9.53 Å². The van der Waals surface area contributed by atoms with Gasteiger partial charge in [-0.05, 0) is 26.0 Å². The number of carbonyl (C=O) groups is 2. The first-order chi connectivity index (χ1) is 8.77. The fourth-order valence-corrected chi connectivity index (χ4v) is 1.46. The summed E-state index contributed by atoms with van der Waals surface area (Å²) in [7, 11) is 1.30. The van der Waals surface area contributed by atoms with Gasteiger partial charge in [-0.1, -0.05) is 0 Å². The molecule has 0 saturated carbocycles. The number of hydrogen-bond acceptors (Lipinski definition) is 5. The SMILES string of the molecule is COC(=O)C(C)(C)COc1cc(N)ccc1C(N)=O. The van der Waals surface area contributed by atoms with E-state index in [-0.39, 0.29) is 17.9 Å². The maximum atomic E-state index is 11.5. The predicted molar refractivity (Wildman–Crippen MR) is 70.7 cm³/mol. The molecule has 0 atom stereocenters. The number of amides is 1. The quantitative estimate of drug-likeness (QED) is 0.609. The summed E-state index contributed by atoms with van der Waals surface area (Å²) in [6.45, 7) is 3.40. The van der Waals surface area contributed by atoms with Crippen LogP contribution in [-0.4, -0.2) is 25.6 Å². The van der Waals surface area contributed by atoms with Crippen molar-refractivity contribution in [1.29, 1.82) is 0 Å². The fourth-order valence-electron chi connectivity index (χ4n) is 1.46. The van der Waals surface area contributed by atoms with E-state index in [4.69, 9.17) is 16.2 Å². The van der Waals surface area contributed by atoms with Gasteiger partial charge in [0.15, 0.2) is 0 Å². The highest BCUT2D eigenvalue weighted by atomic mass is 16.5. The maximum Gasteiger partial charge on any atom is 0.314 e. The van der Waals surface area contributed by atoms with Gasteiger partial charge >= 0.3 is 5.97 Å². The second-order valence-electron chi connectivity index (χ2n) is 4.78. The molecule has 1 aromatic rings. The van der Waals surface area contributed by atoms with Crippen LogP contribution in [0.15, 0.2) is 18.2 Å². The van der Waals surface area contributed by atoms with E-state index in [0.717, 1.165) is 0 Å². The second kappa shape index (κ2) is 5.60. The van der Waals surface area contributed by atoms with Crippen LogP contribution in [0.2, 0.25) is 0 Å². The number of primary amides is 1. The Hall–Kier alpha value is -2.24. The smallest absolute Gasteiger partial charge is 0.314 e. The lowest BCUT2D eigenvalue weighted by atomic mass is 9.95. The van der Waals surface area contributed by atoms with Crippen molar-refractivity contribution in [1.82, 2.24) is 0 Å². The Kier molecular flexibility index (Phi) is 4.37. The van der Waals surface area contributed by atoms with E-state index in [1.54, 1.807) is 19.9 Å². The van der Waals surface area contributed by atoms with Crippen molar-refractivity contribution in [2.75, 3.05) is 19.5 Å². The molecule has 0 radical (unpaired) electrons. The fraction of sp³-hybridized carbons (Fsp3) is 0.385. The Labute approximate surface area is 111 Å². The molecule has 104 valence electrons. The molecule has 0 aliphatic rings. The second-order valence-corrected chi connectivity index (χ2v) is 4.78. The summed E-state index contributed by atoms with van der Waals surface area (Å²) in [5.41, 5.74) is 10.7. The Morgan fingerprint density at radius 2 is 1.95 bits per heavy atom. The summed E-state index contributed by atoms with van der Waals surface area (Å²) in [5.74, 6) is -0.771. The molecule has 1 amide bonds. The van der Waals surface area contributed by atoms with E-state index in [1.807, 2.05) is 0 Å². The van der Waals surface area contributed by atoms with Gasteiger partial charge in [-0.2, -0.15) is 0 Å². The number of methoxy groups -OCH3 is 1. The van der Waals surface area contributed by atoms with Crippen molar-refractivity contribution in [3.8, 4) is 5.75 Å². The number of ether oxygens (including phenoxy) is 2. The van der Waals surface area contributed by atoms with Crippen molar-refractivity contribution < 1.29 is 19.1 Å².